The van der Waals surface area contributed by atoms with Crippen LogP contribution in [0.3, 0.4) is 0 Å². The first-order chi connectivity index (χ1) is 7.70. The number of aryl methyl sites for hydroxylation is 1. The zero-order valence-electron chi connectivity index (χ0n) is 10.7. The van der Waals surface area contributed by atoms with Crippen LogP contribution in [-0.4, -0.2) is 4.98 Å². The van der Waals surface area contributed by atoms with Crippen molar-refractivity contribution in [2.24, 2.45) is 11.8 Å². The van der Waals surface area contributed by atoms with E-state index in [9.17, 15) is 0 Å². The first-order valence-electron chi connectivity index (χ1n) is 6.65. The van der Waals surface area contributed by atoms with E-state index in [1.54, 1.807) is 0 Å². The zero-order chi connectivity index (χ0) is 11.5. The van der Waals surface area contributed by atoms with E-state index in [2.05, 4.69) is 32.0 Å². The van der Waals surface area contributed by atoms with Gasteiger partial charge in [-0.2, -0.15) is 0 Å². The minimum atomic E-state index is 0.764. The third-order valence-corrected chi connectivity index (χ3v) is 5.29. The summed E-state index contributed by atoms with van der Waals surface area (Å²) in [4.78, 5) is 6.04. The summed E-state index contributed by atoms with van der Waals surface area (Å²) in [5.74, 6) is 2.59. The Morgan fingerprint density at radius 1 is 1.31 bits per heavy atom. The molecule has 1 heterocycles. The number of nitrogens with zero attached hydrogens (tertiary/aromatic N) is 1. The third kappa shape index (κ3) is 2.65. The number of thiazole rings is 1. The van der Waals surface area contributed by atoms with Gasteiger partial charge in [0.05, 0.1) is 5.01 Å². The highest BCUT2D eigenvalue weighted by Crippen LogP contribution is 2.39. The van der Waals surface area contributed by atoms with E-state index < -0.39 is 0 Å². The number of aromatic nitrogens is 1. The third-order valence-electron chi connectivity index (χ3n) is 3.98. The summed E-state index contributed by atoms with van der Waals surface area (Å²) in [6.45, 7) is 6.94. The molecule has 1 aromatic rings. The number of hydrogen-bond acceptors (Lipinski definition) is 2. The molecule has 2 heteroatoms. The maximum atomic E-state index is 4.60. The topological polar surface area (TPSA) is 12.9 Å². The van der Waals surface area contributed by atoms with Gasteiger partial charge in [-0.25, -0.2) is 4.98 Å². The molecule has 0 bridgehead atoms. The van der Waals surface area contributed by atoms with Crippen LogP contribution in [0.25, 0.3) is 0 Å². The second kappa shape index (κ2) is 5.31. The van der Waals surface area contributed by atoms with Crippen molar-refractivity contribution < 1.29 is 0 Å². The molecular weight excluding hydrogens is 214 g/mol. The fourth-order valence-corrected chi connectivity index (χ4v) is 3.73. The summed E-state index contributed by atoms with van der Waals surface area (Å²) >= 11 is 1.94. The first kappa shape index (κ1) is 12.1. The van der Waals surface area contributed by atoms with Gasteiger partial charge in [-0.05, 0) is 43.9 Å². The Labute approximate surface area is 103 Å². The molecule has 1 aromatic heterocycles. The molecule has 0 aromatic carbocycles. The fourth-order valence-electron chi connectivity index (χ4n) is 2.71. The van der Waals surface area contributed by atoms with Crippen LogP contribution in [0.4, 0.5) is 0 Å². The van der Waals surface area contributed by atoms with Crippen molar-refractivity contribution in [3.8, 4) is 0 Å². The number of rotatable bonds is 3. The molecule has 90 valence electrons. The zero-order valence-corrected chi connectivity index (χ0v) is 11.5. The monoisotopic (exact) mass is 237 g/mol. The van der Waals surface area contributed by atoms with Crippen LogP contribution in [-0.2, 0) is 6.42 Å². The van der Waals surface area contributed by atoms with Crippen molar-refractivity contribution in [3.05, 3.63) is 16.1 Å². The van der Waals surface area contributed by atoms with Crippen molar-refractivity contribution in [3.63, 3.8) is 0 Å². The maximum Gasteiger partial charge on any atom is 0.0958 e. The maximum absolute atomic E-state index is 4.60. The lowest BCUT2D eigenvalue weighted by atomic mass is 9.77. The molecule has 0 spiro atoms. The van der Waals surface area contributed by atoms with Gasteiger partial charge < -0.3 is 0 Å². The summed E-state index contributed by atoms with van der Waals surface area (Å²) in [6.07, 6.45) is 8.75. The van der Waals surface area contributed by atoms with Crippen LogP contribution in [0.5, 0.6) is 0 Å². The molecule has 1 nitrogen and oxygen atoms in total. The van der Waals surface area contributed by atoms with Crippen molar-refractivity contribution in [2.45, 2.75) is 58.8 Å². The molecule has 0 atom stereocenters. The van der Waals surface area contributed by atoms with Gasteiger partial charge in [0.15, 0.2) is 0 Å². The predicted molar refractivity (Wildman–Crippen MR) is 71.0 cm³/mol. The van der Waals surface area contributed by atoms with E-state index in [0.29, 0.717) is 0 Å². The van der Waals surface area contributed by atoms with E-state index in [4.69, 9.17) is 0 Å². The van der Waals surface area contributed by atoms with Gasteiger partial charge in [0.2, 0.25) is 0 Å². The van der Waals surface area contributed by atoms with Crippen molar-refractivity contribution in [1.82, 2.24) is 4.98 Å². The highest BCUT2D eigenvalue weighted by molar-refractivity contribution is 7.11. The van der Waals surface area contributed by atoms with Crippen molar-refractivity contribution in [1.29, 1.82) is 0 Å². The summed E-state index contributed by atoms with van der Waals surface area (Å²) in [7, 11) is 0. The Balaban J connectivity index is 1.93. The largest absolute Gasteiger partial charge is 0.249 e. The standard InChI is InChI=1S/C14H23NS/c1-4-13-9-15-14(16-13)12-7-5-11(6-8-12)10(2)3/h9-12H,4-8H2,1-3H3. The van der Waals surface area contributed by atoms with Gasteiger partial charge in [0, 0.05) is 17.0 Å². The van der Waals surface area contributed by atoms with E-state index in [1.165, 1.54) is 35.6 Å². The van der Waals surface area contributed by atoms with Crippen LogP contribution in [0, 0.1) is 11.8 Å². The molecule has 2 rings (SSSR count). The van der Waals surface area contributed by atoms with Crippen LogP contribution < -0.4 is 0 Å². The molecular formula is C14H23NS. The van der Waals surface area contributed by atoms with Gasteiger partial charge in [-0.15, -0.1) is 11.3 Å². The molecule has 0 radical (unpaired) electrons. The summed E-state index contributed by atoms with van der Waals surface area (Å²) in [5, 5.41) is 1.40. The Bertz CT molecular complexity index is 321. The molecule has 0 unspecified atom stereocenters. The second-order valence-corrected chi connectivity index (χ2v) is 6.52. The SMILES string of the molecule is CCc1cnc(C2CCC(C(C)C)CC2)s1. The lowest BCUT2D eigenvalue weighted by Crippen LogP contribution is -2.17. The van der Waals surface area contributed by atoms with Crippen molar-refractivity contribution in [2.75, 3.05) is 0 Å². The quantitative estimate of drug-likeness (QED) is 0.746. The van der Waals surface area contributed by atoms with Gasteiger partial charge in [0.25, 0.3) is 0 Å². The van der Waals surface area contributed by atoms with Crippen LogP contribution >= 0.6 is 11.3 Å². The average Bonchev–Trinajstić information content (AvgIpc) is 2.77. The lowest BCUT2D eigenvalue weighted by molar-refractivity contribution is 0.258. The molecule has 0 saturated heterocycles. The summed E-state index contributed by atoms with van der Waals surface area (Å²) < 4.78 is 0. The Hall–Kier alpha value is -0.370. The van der Waals surface area contributed by atoms with Gasteiger partial charge >= 0.3 is 0 Å². The summed E-state index contributed by atoms with van der Waals surface area (Å²) in [5.41, 5.74) is 0. The Morgan fingerprint density at radius 2 is 2.00 bits per heavy atom. The molecule has 1 aliphatic carbocycles. The van der Waals surface area contributed by atoms with E-state index >= 15 is 0 Å². The highest BCUT2D eigenvalue weighted by Gasteiger charge is 2.25. The van der Waals surface area contributed by atoms with Gasteiger partial charge in [-0.3, -0.25) is 0 Å². The average molecular weight is 237 g/mol. The molecule has 1 fully saturated rings. The normalized spacial score (nSPS) is 26.2. The van der Waals surface area contributed by atoms with Crippen LogP contribution in [0.1, 0.15) is 62.3 Å². The van der Waals surface area contributed by atoms with Gasteiger partial charge in [0.1, 0.15) is 0 Å². The van der Waals surface area contributed by atoms with E-state index in [-0.39, 0.29) is 0 Å². The first-order valence-corrected chi connectivity index (χ1v) is 7.47. The van der Waals surface area contributed by atoms with Crippen LogP contribution in [0.2, 0.25) is 0 Å². The van der Waals surface area contributed by atoms with Gasteiger partial charge in [-0.1, -0.05) is 20.8 Å². The minimum absolute atomic E-state index is 0.764. The van der Waals surface area contributed by atoms with E-state index in [1.807, 2.05) is 11.3 Å². The molecule has 16 heavy (non-hydrogen) atoms. The Kier molecular flexibility index (Phi) is 4.01. The Morgan fingerprint density at radius 3 is 2.50 bits per heavy atom. The molecule has 0 amide bonds. The predicted octanol–water partition coefficient (Wildman–Crippen LogP) is 4.64. The van der Waals surface area contributed by atoms with Crippen molar-refractivity contribution >= 4 is 11.3 Å². The molecule has 1 saturated carbocycles. The van der Waals surface area contributed by atoms with E-state index in [0.717, 1.165) is 24.2 Å². The minimum Gasteiger partial charge on any atom is -0.249 e. The summed E-state index contributed by atoms with van der Waals surface area (Å²) in [6, 6.07) is 0. The highest BCUT2D eigenvalue weighted by atomic mass is 32.1. The molecule has 0 N–H and O–H groups in total. The molecule has 1 aliphatic rings. The second-order valence-electron chi connectivity index (χ2n) is 5.37. The number of hydrogen-bond donors (Lipinski definition) is 0. The molecule has 0 aliphatic heterocycles. The van der Waals surface area contributed by atoms with Crippen LogP contribution in [0.15, 0.2) is 6.20 Å². The smallest absolute Gasteiger partial charge is 0.0958 e. The fraction of sp³-hybridized carbons (Fsp3) is 0.786. The lowest BCUT2D eigenvalue weighted by Gasteiger charge is -2.29.